The first-order chi connectivity index (χ1) is 9.20. The number of halogens is 1. The molecule has 0 aromatic heterocycles. The zero-order chi connectivity index (χ0) is 13.7. The van der Waals surface area contributed by atoms with Gasteiger partial charge in [0.05, 0.1) is 0 Å². The van der Waals surface area contributed by atoms with E-state index in [0.29, 0.717) is 6.04 Å². The van der Waals surface area contributed by atoms with Crippen LogP contribution in [0, 0.1) is 18.7 Å². The van der Waals surface area contributed by atoms with Crippen molar-refractivity contribution < 1.29 is 4.39 Å². The van der Waals surface area contributed by atoms with E-state index in [9.17, 15) is 4.39 Å². The van der Waals surface area contributed by atoms with E-state index in [0.717, 1.165) is 24.4 Å². The monoisotopic (exact) mass is 263 g/mol. The molecule has 0 radical (unpaired) electrons. The Labute approximate surface area is 116 Å². The van der Waals surface area contributed by atoms with Gasteiger partial charge >= 0.3 is 0 Å². The number of aryl methyl sites for hydroxylation is 1. The van der Waals surface area contributed by atoms with Crippen LogP contribution in [0.4, 0.5) is 4.39 Å². The molecular weight excluding hydrogens is 237 g/mol. The van der Waals surface area contributed by atoms with Gasteiger partial charge in [0, 0.05) is 6.04 Å². The number of nitrogens with one attached hydrogen (secondary N) is 1. The van der Waals surface area contributed by atoms with Gasteiger partial charge in [0.1, 0.15) is 5.82 Å². The first-order valence-electron chi connectivity index (χ1n) is 7.70. The second-order valence-corrected chi connectivity index (χ2v) is 5.90. The molecule has 1 N–H and O–H groups in total. The van der Waals surface area contributed by atoms with Gasteiger partial charge in [0.15, 0.2) is 0 Å². The van der Waals surface area contributed by atoms with Gasteiger partial charge in [0.25, 0.3) is 0 Å². The van der Waals surface area contributed by atoms with Gasteiger partial charge in [-0.05, 0) is 49.4 Å². The molecule has 1 aliphatic rings. The molecule has 1 saturated carbocycles. The van der Waals surface area contributed by atoms with E-state index in [-0.39, 0.29) is 5.82 Å². The van der Waals surface area contributed by atoms with E-state index in [1.807, 2.05) is 19.1 Å². The third-order valence-corrected chi connectivity index (χ3v) is 4.27. The number of rotatable bonds is 6. The van der Waals surface area contributed by atoms with Crippen molar-refractivity contribution in [2.75, 3.05) is 6.54 Å². The molecule has 2 rings (SSSR count). The van der Waals surface area contributed by atoms with E-state index in [1.54, 1.807) is 6.07 Å². The number of hydrogen-bond acceptors (Lipinski definition) is 1. The van der Waals surface area contributed by atoms with E-state index >= 15 is 0 Å². The largest absolute Gasteiger partial charge is 0.310 e. The number of hydrogen-bond donors (Lipinski definition) is 1. The Bertz CT molecular complexity index is 396. The predicted molar refractivity (Wildman–Crippen MR) is 78.7 cm³/mol. The molecule has 1 fully saturated rings. The van der Waals surface area contributed by atoms with Crippen molar-refractivity contribution in [3.8, 4) is 0 Å². The van der Waals surface area contributed by atoms with Crippen LogP contribution in [0.1, 0.15) is 62.6 Å². The van der Waals surface area contributed by atoms with Crippen LogP contribution in [0.15, 0.2) is 18.2 Å². The summed E-state index contributed by atoms with van der Waals surface area (Å²) in [6.45, 7) is 5.08. The summed E-state index contributed by atoms with van der Waals surface area (Å²) in [4.78, 5) is 0. The molecule has 19 heavy (non-hydrogen) atoms. The zero-order valence-corrected chi connectivity index (χ0v) is 12.2. The summed E-state index contributed by atoms with van der Waals surface area (Å²) in [5, 5.41) is 3.64. The molecule has 0 saturated heterocycles. The lowest BCUT2D eigenvalue weighted by Crippen LogP contribution is -2.24. The first kappa shape index (κ1) is 14.5. The molecule has 0 aliphatic heterocycles. The van der Waals surface area contributed by atoms with Crippen LogP contribution in [0.3, 0.4) is 0 Å². The maximum Gasteiger partial charge on any atom is 0.126 e. The Morgan fingerprint density at radius 3 is 2.68 bits per heavy atom. The molecule has 0 bridgehead atoms. The zero-order valence-electron chi connectivity index (χ0n) is 12.2. The fourth-order valence-electron chi connectivity index (χ4n) is 3.12. The van der Waals surface area contributed by atoms with Gasteiger partial charge in [-0.1, -0.05) is 44.7 Å². The minimum atomic E-state index is -0.0983. The normalized spacial score (nSPS) is 17.8. The molecule has 0 amide bonds. The maximum atomic E-state index is 13.4. The highest BCUT2D eigenvalue weighted by Crippen LogP contribution is 2.33. The Balaban J connectivity index is 2.08. The van der Waals surface area contributed by atoms with Crippen LogP contribution in [0.25, 0.3) is 0 Å². The highest BCUT2D eigenvalue weighted by molar-refractivity contribution is 5.26. The quantitative estimate of drug-likeness (QED) is 0.780. The maximum absolute atomic E-state index is 13.4. The minimum Gasteiger partial charge on any atom is -0.310 e. The van der Waals surface area contributed by atoms with Crippen molar-refractivity contribution >= 4 is 0 Å². The van der Waals surface area contributed by atoms with Crippen molar-refractivity contribution in [3.63, 3.8) is 0 Å². The average Bonchev–Trinajstić information content (AvgIpc) is 2.91. The highest BCUT2D eigenvalue weighted by atomic mass is 19.1. The Morgan fingerprint density at radius 2 is 2.05 bits per heavy atom. The summed E-state index contributed by atoms with van der Waals surface area (Å²) < 4.78 is 13.4. The van der Waals surface area contributed by atoms with Crippen LogP contribution in [-0.4, -0.2) is 6.54 Å². The standard InChI is InChI=1S/C17H26FN/c1-3-10-19-17(12-14-6-4-5-7-14)15-8-9-16(18)13(2)11-15/h8-9,11,14,17,19H,3-7,10,12H2,1-2H3. The molecule has 1 unspecified atom stereocenters. The Morgan fingerprint density at radius 1 is 1.32 bits per heavy atom. The SMILES string of the molecule is CCCNC(CC1CCCC1)c1ccc(F)c(C)c1. The van der Waals surface area contributed by atoms with Gasteiger partial charge in [-0.15, -0.1) is 0 Å². The Hall–Kier alpha value is -0.890. The molecule has 1 nitrogen and oxygen atoms in total. The van der Waals surface area contributed by atoms with Crippen LogP contribution >= 0.6 is 0 Å². The van der Waals surface area contributed by atoms with E-state index in [1.165, 1.54) is 37.7 Å². The van der Waals surface area contributed by atoms with Crippen LogP contribution < -0.4 is 5.32 Å². The van der Waals surface area contributed by atoms with Crippen molar-refractivity contribution in [2.24, 2.45) is 5.92 Å². The summed E-state index contributed by atoms with van der Waals surface area (Å²) in [5.74, 6) is 0.749. The predicted octanol–water partition coefficient (Wildman–Crippen LogP) is 4.76. The van der Waals surface area contributed by atoms with Crippen molar-refractivity contribution in [2.45, 2.75) is 58.4 Å². The Kier molecular flexibility index (Phi) is 5.38. The molecule has 0 heterocycles. The van der Waals surface area contributed by atoms with Crippen molar-refractivity contribution in [1.29, 1.82) is 0 Å². The highest BCUT2D eigenvalue weighted by Gasteiger charge is 2.21. The third kappa shape index (κ3) is 4.04. The molecule has 1 atom stereocenters. The topological polar surface area (TPSA) is 12.0 Å². The van der Waals surface area contributed by atoms with Crippen molar-refractivity contribution in [1.82, 2.24) is 5.32 Å². The van der Waals surface area contributed by atoms with Gasteiger partial charge in [-0.25, -0.2) is 4.39 Å². The second-order valence-electron chi connectivity index (χ2n) is 5.90. The van der Waals surface area contributed by atoms with Gasteiger partial charge < -0.3 is 5.32 Å². The molecule has 1 aliphatic carbocycles. The third-order valence-electron chi connectivity index (χ3n) is 4.27. The summed E-state index contributed by atoms with van der Waals surface area (Å²) in [5.41, 5.74) is 2.01. The van der Waals surface area contributed by atoms with E-state index < -0.39 is 0 Å². The number of benzene rings is 1. The van der Waals surface area contributed by atoms with Gasteiger partial charge in [-0.2, -0.15) is 0 Å². The smallest absolute Gasteiger partial charge is 0.126 e. The molecule has 1 aromatic rings. The minimum absolute atomic E-state index is 0.0983. The van der Waals surface area contributed by atoms with E-state index in [2.05, 4.69) is 12.2 Å². The van der Waals surface area contributed by atoms with Gasteiger partial charge in [-0.3, -0.25) is 0 Å². The molecule has 1 aromatic carbocycles. The molecule has 0 spiro atoms. The summed E-state index contributed by atoms with van der Waals surface area (Å²) in [6.07, 6.45) is 7.84. The molecule has 106 valence electrons. The van der Waals surface area contributed by atoms with Crippen molar-refractivity contribution in [3.05, 3.63) is 35.1 Å². The van der Waals surface area contributed by atoms with Crippen LogP contribution in [0.5, 0.6) is 0 Å². The fourth-order valence-corrected chi connectivity index (χ4v) is 3.12. The lowest BCUT2D eigenvalue weighted by atomic mass is 9.92. The average molecular weight is 263 g/mol. The van der Waals surface area contributed by atoms with E-state index in [4.69, 9.17) is 0 Å². The lowest BCUT2D eigenvalue weighted by molar-refractivity contribution is 0.394. The van der Waals surface area contributed by atoms with Gasteiger partial charge in [0.2, 0.25) is 0 Å². The second kappa shape index (κ2) is 7.04. The summed E-state index contributed by atoms with van der Waals surface area (Å²) >= 11 is 0. The lowest BCUT2D eigenvalue weighted by Gasteiger charge is -2.23. The molecule has 2 heteroatoms. The van der Waals surface area contributed by atoms with Crippen LogP contribution in [0.2, 0.25) is 0 Å². The van der Waals surface area contributed by atoms with Crippen LogP contribution in [-0.2, 0) is 0 Å². The first-order valence-corrected chi connectivity index (χ1v) is 7.70. The molecular formula is C17H26FN. The summed E-state index contributed by atoms with van der Waals surface area (Å²) in [7, 11) is 0. The summed E-state index contributed by atoms with van der Waals surface area (Å²) in [6, 6.07) is 5.96. The fraction of sp³-hybridized carbons (Fsp3) is 0.647.